The van der Waals surface area contributed by atoms with Crippen LogP contribution in [0, 0.1) is 10.8 Å². The third-order valence-corrected chi connectivity index (χ3v) is 17.6. The zero-order valence-corrected chi connectivity index (χ0v) is 43.7. The standard InChI is InChI=1S/C49H67N9O7S4/c1-28(50-7)42(66)51-32-18-24-68-34-26-48(3,4)38(57(34)44(32)62)40(60)53-36(30-14-10-8-11-15-30)46(64)55-20-22-56(23-21-55)47(65)37(31-16-12-9-13-17-31)54-41(61)39-49(5,6)27-35-58(39)45(63)33(19-25-69-35)52-43(67)29(2)59/h8-17,28-29,32-39,50,59H,18-27H2,1-7H3,(H,51,66)(H,52,67)(H,53,60)(H,54,61)/t28-,29-,32-,33-,34-,35-,36-,37-,38+,39+/m0/s1. The quantitative estimate of drug-likeness (QED) is 0.160. The summed E-state index contributed by atoms with van der Waals surface area (Å²) in [6.07, 6.45) is 1.25. The number of piperazine rings is 1. The molecule has 0 unspecified atom stereocenters. The molecule has 0 saturated carbocycles. The van der Waals surface area contributed by atoms with E-state index in [1.165, 1.54) is 6.92 Å². The number of hydrogen-bond acceptors (Lipinski definition) is 12. The van der Waals surface area contributed by atoms with Gasteiger partial charge in [0.05, 0.1) is 21.8 Å². The molecule has 6 N–H and O–H groups in total. The van der Waals surface area contributed by atoms with Crippen LogP contribution in [0.15, 0.2) is 60.7 Å². The van der Waals surface area contributed by atoms with E-state index in [4.69, 9.17) is 24.4 Å². The van der Waals surface area contributed by atoms with Gasteiger partial charge in [-0.1, -0.05) is 113 Å². The Kier molecular flexibility index (Phi) is 16.7. The van der Waals surface area contributed by atoms with Crippen molar-refractivity contribution in [3.8, 4) is 0 Å². The summed E-state index contributed by atoms with van der Waals surface area (Å²) in [5.41, 5.74) is -0.0895. The first-order valence-electron chi connectivity index (χ1n) is 23.9. The molecule has 0 bridgehead atoms. The number of aliphatic hydroxyl groups is 1. The van der Waals surface area contributed by atoms with Gasteiger partial charge >= 0.3 is 0 Å². The fourth-order valence-corrected chi connectivity index (χ4v) is 13.8. The molecule has 0 aromatic heterocycles. The lowest BCUT2D eigenvalue weighted by Crippen LogP contribution is -2.60. The third kappa shape index (κ3) is 11.4. The van der Waals surface area contributed by atoms with E-state index in [-0.39, 0.29) is 71.6 Å². The van der Waals surface area contributed by atoms with Crippen molar-refractivity contribution < 1.29 is 33.9 Å². The average Bonchev–Trinajstić information content (AvgIpc) is 3.65. The Hall–Kier alpha value is -4.34. The van der Waals surface area contributed by atoms with Crippen molar-refractivity contribution >= 4 is 93.4 Å². The van der Waals surface area contributed by atoms with Crippen LogP contribution in [-0.2, 0) is 28.8 Å². The maximum atomic E-state index is 14.7. The number of likely N-dealkylation sites (N-methyl/N-ethyl adjacent to an activating group) is 1. The van der Waals surface area contributed by atoms with E-state index in [0.717, 1.165) is 0 Å². The fourth-order valence-electron chi connectivity index (χ4n) is 10.2. The summed E-state index contributed by atoms with van der Waals surface area (Å²) in [5.74, 6) is -0.686. The van der Waals surface area contributed by atoms with Crippen molar-refractivity contribution in [1.82, 2.24) is 46.2 Å². The van der Waals surface area contributed by atoms with Crippen LogP contribution in [0.4, 0.5) is 0 Å². The van der Waals surface area contributed by atoms with E-state index >= 15 is 0 Å². The highest BCUT2D eigenvalue weighted by atomic mass is 32.2. The number of fused-ring (bicyclic) bond motifs is 2. The maximum Gasteiger partial charge on any atom is 0.249 e. The number of carbonyl (C=O) groups excluding carboxylic acids is 6. The third-order valence-electron chi connectivity index (χ3n) is 14.2. The molecule has 2 aromatic rings. The SMILES string of the molecule is CN[C@@H](C)C(=S)N[C@H]1CCS[C@H]2CC(C)(C)[C@@H](C(=O)N[C@H](C(=O)N3CCN(C(=O)[C@@H](NC(=O)[C@H]4N5C(=O)[C@@H](NC(=S)[C@H](C)O)CCS[C@H]5CC4(C)C)c4ccccc4)CC3)c3ccccc3)N2C1=O. The van der Waals surface area contributed by atoms with E-state index in [0.29, 0.717) is 53.3 Å². The van der Waals surface area contributed by atoms with E-state index in [1.54, 1.807) is 86.6 Å². The summed E-state index contributed by atoms with van der Waals surface area (Å²) in [6.45, 7) is 12.0. The van der Waals surface area contributed by atoms with Gasteiger partial charge in [0.1, 0.15) is 47.3 Å². The van der Waals surface area contributed by atoms with E-state index in [1.807, 2.05) is 58.9 Å². The normalized spacial score (nSPS) is 27.1. The van der Waals surface area contributed by atoms with Gasteiger partial charge in [0.25, 0.3) is 0 Å². The lowest BCUT2D eigenvalue weighted by atomic mass is 9.83. The Labute approximate surface area is 424 Å². The molecule has 5 aliphatic rings. The molecule has 7 rings (SSSR count). The largest absolute Gasteiger partial charge is 0.386 e. The molecule has 5 fully saturated rings. The second-order valence-corrected chi connectivity index (χ2v) is 23.5. The summed E-state index contributed by atoms with van der Waals surface area (Å²) < 4.78 is 0. The second-order valence-electron chi connectivity index (χ2n) is 20.1. The average molecular weight is 1020 g/mol. The van der Waals surface area contributed by atoms with Crippen molar-refractivity contribution in [2.24, 2.45) is 10.8 Å². The van der Waals surface area contributed by atoms with Crippen LogP contribution in [-0.4, -0.2) is 162 Å². The number of amides is 6. The molecule has 16 nitrogen and oxygen atoms in total. The molecule has 5 heterocycles. The molecule has 5 saturated heterocycles. The number of thiocarbonyl (C=S) groups is 2. The van der Waals surface area contributed by atoms with Crippen LogP contribution in [0.3, 0.4) is 0 Å². The topological polar surface area (TPSA) is 196 Å². The Balaban J connectivity index is 1.07. The van der Waals surface area contributed by atoms with Gasteiger partial charge in [-0.15, -0.1) is 23.5 Å². The van der Waals surface area contributed by atoms with Crippen LogP contribution in [0.1, 0.15) is 90.4 Å². The first kappa shape index (κ1) is 52.5. The van der Waals surface area contributed by atoms with Crippen molar-refractivity contribution in [3.63, 3.8) is 0 Å². The Morgan fingerprint density at radius 3 is 1.39 bits per heavy atom. The van der Waals surface area contributed by atoms with Crippen molar-refractivity contribution in [3.05, 3.63) is 71.8 Å². The van der Waals surface area contributed by atoms with E-state index in [9.17, 15) is 33.9 Å². The number of benzene rings is 2. The molecular formula is C49H67N9O7S4. The van der Waals surface area contributed by atoms with Crippen LogP contribution in [0.5, 0.6) is 0 Å². The fraction of sp³-hybridized carbons (Fsp3) is 0.592. The lowest BCUT2D eigenvalue weighted by molar-refractivity contribution is -0.147. The Bertz CT molecular complexity index is 2260. The minimum atomic E-state index is -1.09. The first-order chi connectivity index (χ1) is 32.7. The molecule has 10 atom stereocenters. The number of nitrogens with one attached hydrogen (secondary N) is 5. The summed E-state index contributed by atoms with van der Waals surface area (Å²) in [5, 5.41) is 25.1. The number of nitrogens with zero attached hydrogens (tertiary/aromatic N) is 4. The van der Waals surface area contributed by atoms with Crippen molar-refractivity contribution in [2.45, 2.75) is 126 Å². The van der Waals surface area contributed by atoms with Crippen LogP contribution in [0.2, 0.25) is 0 Å². The maximum absolute atomic E-state index is 14.7. The van der Waals surface area contributed by atoms with Gasteiger partial charge in [0, 0.05) is 26.2 Å². The molecular weight excluding hydrogens is 955 g/mol. The van der Waals surface area contributed by atoms with Gasteiger partial charge < -0.3 is 51.3 Å². The Morgan fingerprint density at radius 1 is 0.652 bits per heavy atom. The highest BCUT2D eigenvalue weighted by molar-refractivity contribution is 8.00. The highest BCUT2D eigenvalue weighted by Gasteiger charge is 2.56. The lowest BCUT2D eigenvalue weighted by Gasteiger charge is -2.39. The van der Waals surface area contributed by atoms with Crippen LogP contribution >= 0.6 is 48.0 Å². The number of carbonyl (C=O) groups is 6. The summed E-state index contributed by atoms with van der Waals surface area (Å²) in [6, 6.07) is 12.6. The predicted molar refractivity (Wildman–Crippen MR) is 277 cm³/mol. The summed E-state index contributed by atoms with van der Waals surface area (Å²) in [4.78, 5) is 94.7. The summed E-state index contributed by atoms with van der Waals surface area (Å²) >= 11 is 14.2. The number of thioether (sulfide) groups is 2. The van der Waals surface area contributed by atoms with Gasteiger partial charge in [0.2, 0.25) is 35.4 Å². The molecule has 6 amide bonds. The minimum absolute atomic E-state index is 0.146. The molecule has 0 radical (unpaired) electrons. The molecule has 0 spiro atoms. The molecule has 5 aliphatic heterocycles. The van der Waals surface area contributed by atoms with Gasteiger partial charge in [-0.25, -0.2) is 0 Å². The van der Waals surface area contributed by atoms with Gasteiger partial charge in [-0.2, -0.15) is 0 Å². The van der Waals surface area contributed by atoms with Gasteiger partial charge in [-0.05, 0) is 80.0 Å². The van der Waals surface area contributed by atoms with Gasteiger partial charge in [0.15, 0.2) is 0 Å². The number of aliphatic hydroxyl groups excluding tert-OH is 1. The van der Waals surface area contributed by atoms with E-state index in [2.05, 4.69) is 26.6 Å². The van der Waals surface area contributed by atoms with Gasteiger partial charge in [-0.3, -0.25) is 28.8 Å². The van der Waals surface area contributed by atoms with Crippen molar-refractivity contribution in [2.75, 3.05) is 44.7 Å². The molecule has 20 heteroatoms. The Morgan fingerprint density at radius 2 is 1.03 bits per heavy atom. The zero-order chi connectivity index (χ0) is 49.9. The van der Waals surface area contributed by atoms with Crippen LogP contribution < -0.4 is 26.6 Å². The highest BCUT2D eigenvalue weighted by Crippen LogP contribution is 2.48. The molecule has 0 aliphatic carbocycles. The summed E-state index contributed by atoms with van der Waals surface area (Å²) in [7, 11) is 1.80. The minimum Gasteiger partial charge on any atom is -0.386 e. The van der Waals surface area contributed by atoms with E-state index < -0.39 is 65.0 Å². The van der Waals surface area contributed by atoms with Crippen molar-refractivity contribution in [1.29, 1.82) is 0 Å². The number of hydrogen-bond donors (Lipinski definition) is 6. The zero-order valence-electron chi connectivity index (χ0n) is 40.4. The molecule has 374 valence electrons. The first-order valence-corrected chi connectivity index (χ1v) is 26.8. The smallest absolute Gasteiger partial charge is 0.249 e. The molecule has 69 heavy (non-hydrogen) atoms. The second kappa shape index (κ2) is 22.0. The van der Waals surface area contributed by atoms with Crippen LogP contribution in [0.25, 0.3) is 0 Å². The molecule has 2 aromatic carbocycles. The predicted octanol–water partition coefficient (Wildman–Crippen LogP) is 3.11. The monoisotopic (exact) mass is 1020 g/mol. The number of rotatable bonds is 13.